The molecule has 0 aliphatic heterocycles. The predicted molar refractivity (Wildman–Crippen MR) is 106 cm³/mol. The summed E-state index contributed by atoms with van der Waals surface area (Å²) in [5.41, 5.74) is 0.765. The summed E-state index contributed by atoms with van der Waals surface area (Å²) >= 11 is 0. The van der Waals surface area contributed by atoms with E-state index in [1.54, 1.807) is 30.3 Å². The van der Waals surface area contributed by atoms with E-state index in [0.29, 0.717) is 12.1 Å². The van der Waals surface area contributed by atoms with Gasteiger partial charge in [-0.25, -0.2) is 8.42 Å². The van der Waals surface area contributed by atoms with Gasteiger partial charge in [-0.15, -0.1) is 0 Å². The lowest BCUT2D eigenvalue weighted by molar-refractivity contribution is -0.386. The normalized spacial score (nSPS) is 11.1. The summed E-state index contributed by atoms with van der Waals surface area (Å²) in [5, 5.41) is 20.7. The number of phenols is 1. The van der Waals surface area contributed by atoms with Crippen LogP contribution in [0.2, 0.25) is 0 Å². The molecule has 0 heterocycles. The van der Waals surface area contributed by atoms with Gasteiger partial charge in [0.05, 0.1) is 15.5 Å². The van der Waals surface area contributed by atoms with Gasteiger partial charge in [-0.1, -0.05) is 48.5 Å². The van der Waals surface area contributed by atoms with Gasteiger partial charge < -0.3 is 5.11 Å². The zero-order valence-electron chi connectivity index (χ0n) is 14.8. The minimum absolute atomic E-state index is 0.158. The van der Waals surface area contributed by atoms with Crippen molar-refractivity contribution in [3.05, 3.63) is 94.5 Å². The van der Waals surface area contributed by atoms with E-state index >= 15 is 0 Å². The van der Waals surface area contributed by atoms with Crippen molar-refractivity contribution >= 4 is 21.4 Å². The molecule has 144 valence electrons. The molecule has 0 unspecified atom stereocenters. The Morgan fingerprint density at radius 2 is 1.54 bits per heavy atom. The number of para-hydroxylation sites is 1. The lowest BCUT2D eigenvalue weighted by Gasteiger charge is -2.24. The van der Waals surface area contributed by atoms with E-state index in [-0.39, 0.29) is 11.4 Å². The van der Waals surface area contributed by atoms with Gasteiger partial charge in [0, 0.05) is 12.6 Å². The van der Waals surface area contributed by atoms with Crippen LogP contribution in [-0.2, 0) is 16.4 Å². The van der Waals surface area contributed by atoms with Crippen molar-refractivity contribution in [2.45, 2.75) is 11.3 Å². The molecular formula is C20H18N2O5S. The van der Waals surface area contributed by atoms with Crippen LogP contribution in [0.15, 0.2) is 83.8 Å². The van der Waals surface area contributed by atoms with Crippen LogP contribution >= 0.6 is 0 Å². The highest BCUT2D eigenvalue weighted by Crippen LogP contribution is 2.31. The summed E-state index contributed by atoms with van der Waals surface area (Å²) in [7, 11) is -4.08. The molecule has 3 aromatic carbocycles. The van der Waals surface area contributed by atoms with Crippen LogP contribution in [0.1, 0.15) is 5.56 Å². The molecule has 0 aliphatic carbocycles. The van der Waals surface area contributed by atoms with E-state index in [4.69, 9.17) is 0 Å². The smallest absolute Gasteiger partial charge is 0.312 e. The van der Waals surface area contributed by atoms with Crippen molar-refractivity contribution in [2.75, 3.05) is 10.8 Å². The average Bonchev–Trinajstić information content (AvgIpc) is 2.69. The molecule has 0 bridgehead atoms. The minimum atomic E-state index is -4.08. The number of hydrogen-bond acceptors (Lipinski definition) is 5. The van der Waals surface area contributed by atoms with E-state index < -0.39 is 26.4 Å². The summed E-state index contributed by atoms with van der Waals surface area (Å²) in [6.07, 6.45) is 0.467. The third kappa shape index (κ3) is 4.12. The summed E-state index contributed by atoms with van der Waals surface area (Å²) in [5.74, 6) is -0.584. The first-order valence-electron chi connectivity index (χ1n) is 8.49. The second-order valence-electron chi connectivity index (χ2n) is 6.06. The predicted octanol–water partition coefficient (Wildman–Crippen LogP) is 3.74. The lowest BCUT2D eigenvalue weighted by atomic mass is 10.1. The number of nitro groups is 1. The Hall–Kier alpha value is -3.39. The molecular weight excluding hydrogens is 380 g/mol. The van der Waals surface area contributed by atoms with Gasteiger partial charge in [0.25, 0.3) is 10.0 Å². The molecule has 0 saturated carbocycles. The van der Waals surface area contributed by atoms with Gasteiger partial charge in [-0.05, 0) is 36.2 Å². The Balaban J connectivity index is 2.01. The van der Waals surface area contributed by atoms with Crippen LogP contribution < -0.4 is 4.31 Å². The Morgan fingerprint density at radius 3 is 2.14 bits per heavy atom. The molecule has 0 aliphatic rings. The molecule has 0 aromatic heterocycles. The Bertz CT molecular complexity index is 1070. The van der Waals surface area contributed by atoms with Crippen LogP contribution in [0.3, 0.4) is 0 Å². The van der Waals surface area contributed by atoms with Crippen LogP contribution in [-0.4, -0.2) is 25.0 Å². The fourth-order valence-corrected chi connectivity index (χ4v) is 4.28. The fourth-order valence-electron chi connectivity index (χ4n) is 2.79. The SMILES string of the molecule is O=[N+]([O-])c1cc(S(=O)(=O)N(CCc2ccccc2)c2ccccc2)ccc1O. The molecule has 8 heteroatoms. The standard InChI is InChI=1S/C20H18N2O5S/c23-20-12-11-18(15-19(20)22(24)25)28(26,27)21(17-9-5-2-6-10-17)14-13-16-7-3-1-4-8-16/h1-12,15,23H,13-14H2. The molecule has 0 fully saturated rings. The molecule has 0 amide bonds. The second kappa shape index (κ2) is 8.10. The van der Waals surface area contributed by atoms with Crippen LogP contribution in [0.4, 0.5) is 11.4 Å². The van der Waals surface area contributed by atoms with Gasteiger partial charge in [-0.2, -0.15) is 0 Å². The monoisotopic (exact) mass is 398 g/mol. The first kappa shape index (κ1) is 19.4. The minimum Gasteiger partial charge on any atom is -0.502 e. The zero-order chi connectivity index (χ0) is 20.1. The number of aromatic hydroxyl groups is 1. The van der Waals surface area contributed by atoms with E-state index in [1.165, 1.54) is 4.31 Å². The average molecular weight is 398 g/mol. The fraction of sp³-hybridized carbons (Fsp3) is 0.100. The molecule has 28 heavy (non-hydrogen) atoms. The highest BCUT2D eigenvalue weighted by Gasteiger charge is 2.27. The van der Waals surface area contributed by atoms with Crippen molar-refractivity contribution in [3.63, 3.8) is 0 Å². The highest BCUT2D eigenvalue weighted by molar-refractivity contribution is 7.92. The lowest BCUT2D eigenvalue weighted by Crippen LogP contribution is -2.33. The molecule has 0 spiro atoms. The highest BCUT2D eigenvalue weighted by atomic mass is 32.2. The molecule has 0 saturated heterocycles. The number of phenolic OH excluding ortho intramolecular Hbond substituents is 1. The maximum absolute atomic E-state index is 13.3. The van der Waals surface area contributed by atoms with Crippen LogP contribution in [0, 0.1) is 10.1 Å². The number of rotatable bonds is 7. The number of hydrogen-bond donors (Lipinski definition) is 1. The Morgan fingerprint density at radius 1 is 0.929 bits per heavy atom. The maximum Gasteiger partial charge on any atom is 0.312 e. The van der Waals surface area contributed by atoms with Gasteiger partial charge in [0.2, 0.25) is 0 Å². The third-order valence-corrected chi connectivity index (χ3v) is 6.05. The van der Waals surface area contributed by atoms with E-state index in [0.717, 1.165) is 23.8 Å². The van der Waals surface area contributed by atoms with Crippen molar-refractivity contribution < 1.29 is 18.4 Å². The number of anilines is 1. The number of sulfonamides is 1. The van der Waals surface area contributed by atoms with E-state index in [2.05, 4.69) is 0 Å². The van der Waals surface area contributed by atoms with Gasteiger partial charge in [0.15, 0.2) is 5.75 Å². The van der Waals surface area contributed by atoms with Gasteiger partial charge in [0.1, 0.15) is 0 Å². The molecule has 0 radical (unpaired) electrons. The first-order chi connectivity index (χ1) is 13.4. The van der Waals surface area contributed by atoms with Crippen molar-refractivity contribution in [3.8, 4) is 5.75 Å². The Labute approximate surface area is 162 Å². The zero-order valence-corrected chi connectivity index (χ0v) is 15.6. The molecule has 0 atom stereocenters. The Kier molecular flexibility index (Phi) is 5.60. The summed E-state index contributed by atoms with van der Waals surface area (Å²) in [4.78, 5) is 10.0. The summed E-state index contributed by atoms with van der Waals surface area (Å²) in [6, 6.07) is 21.0. The number of benzene rings is 3. The quantitative estimate of drug-likeness (QED) is 0.483. The van der Waals surface area contributed by atoms with Crippen molar-refractivity contribution in [2.24, 2.45) is 0 Å². The molecule has 3 rings (SSSR count). The summed E-state index contributed by atoms with van der Waals surface area (Å²) < 4.78 is 27.7. The second-order valence-corrected chi connectivity index (χ2v) is 7.92. The number of nitro benzene ring substituents is 1. The van der Waals surface area contributed by atoms with Gasteiger partial charge >= 0.3 is 5.69 Å². The molecule has 7 nitrogen and oxygen atoms in total. The molecule has 1 N–H and O–H groups in total. The van der Waals surface area contributed by atoms with Crippen LogP contribution in [0.25, 0.3) is 0 Å². The maximum atomic E-state index is 13.3. The first-order valence-corrected chi connectivity index (χ1v) is 9.93. The van der Waals surface area contributed by atoms with Crippen LogP contribution in [0.5, 0.6) is 5.75 Å². The largest absolute Gasteiger partial charge is 0.502 e. The summed E-state index contributed by atoms with van der Waals surface area (Å²) in [6.45, 7) is 0.158. The van der Waals surface area contributed by atoms with Crippen molar-refractivity contribution in [1.82, 2.24) is 0 Å². The van der Waals surface area contributed by atoms with E-state index in [1.807, 2.05) is 30.3 Å². The van der Waals surface area contributed by atoms with Crippen molar-refractivity contribution in [1.29, 1.82) is 0 Å². The topological polar surface area (TPSA) is 101 Å². The third-order valence-electron chi connectivity index (χ3n) is 4.22. The number of nitrogens with zero attached hydrogens (tertiary/aromatic N) is 2. The van der Waals surface area contributed by atoms with Gasteiger partial charge in [-0.3, -0.25) is 14.4 Å². The van der Waals surface area contributed by atoms with E-state index in [9.17, 15) is 23.6 Å². The molecule has 3 aromatic rings.